The topological polar surface area (TPSA) is 67.4 Å². The molecule has 17 heavy (non-hydrogen) atoms. The van der Waals surface area contributed by atoms with E-state index < -0.39 is 6.04 Å². The number of carbonyl (C=O) groups excluding carboxylic acids is 2. The third-order valence-corrected chi connectivity index (χ3v) is 2.28. The Hall–Kier alpha value is -1.10. The van der Waals surface area contributed by atoms with Gasteiger partial charge in [-0.05, 0) is 19.3 Å². The van der Waals surface area contributed by atoms with Crippen molar-refractivity contribution in [2.45, 2.75) is 40.2 Å². The van der Waals surface area contributed by atoms with Crippen LogP contribution in [0.1, 0.15) is 34.1 Å². The van der Waals surface area contributed by atoms with Crippen molar-refractivity contribution in [3.05, 3.63) is 0 Å². The lowest BCUT2D eigenvalue weighted by atomic mass is 10.0. The van der Waals surface area contributed by atoms with Gasteiger partial charge in [0.15, 0.2) is 0 Å². The third-order valence-electron chi connectivity index (χ3n) is 2.28. The molecule has 0 radical (unpaired) electrons. The van der Waals surface area contributed by atoms with Gasteiger partial charge in [0.25, 0.3) is 0 Å². The van der Waals surface area contributed by atoms with E-state index in [4.69, 9.17) is 4.74 Å². The molecule has 5 heteroatoms. The predicted octanol–water partition coefficient (Wildman–Crippen LogP) is 0.690. The summed E-state index contributed by atoms with van der Waals surface area (Å²) in [5.41, 5.74) is 0. The summed E-state index contributed by atoms with van der Waals surface area (Å²) in [5, 5.41) is 5.44. The zero-order valence-corrected chi connectivity index (χ0v) is 11.2. The monoisotopic (exact) mass is 244 g/mol. The molecule has 0 aromatic carbocycles. The summed E-state index contributed by atoms with van der Waals surface area (Å²) in [6.07, 6.45) is 0.782. The maximum atomic E-state index is 11.8. The fraction of sp³-hybridized carbons (Fsp3) is 0.833. The summed E-state index contributed by atoms with van der Waals surface area (Å²) in [5.74, 6) is -0.245. The standard InChI is InChI=1S/C12H24N2O3/c1-5-17-8-6-7-13-12(16)11(9(2)3)14-10(4)15/h9,11H,5-8H2,1-4H3,(H,13,16)(H,14,15). The molecule has 0 aromatic heterocycles. The number of amides is 2. The second-order valence-corrected chi connectivity index (χ2v) is 4.26. The number of hydrogen-bond acceptors (Lipinski definition) is 3. The Bertz CT molecular complexity index is 242. The Morgan fingerprint density at radius 3 is 2.41 bits per heavy atom. The summed E-state index contributed by atoms with van der Waals surface area (Å²) >= 11 is 0. The summed E-state index contributed by atoms with van der Waals surface area (Å²) in [7, 11) is 0. The van der Waals surface area contributed by atoms with Crippen LogP contribution in [0.15, 0.2) is 0 Å². The number of ether oxygens (including phenoxy) is 1. The van der Waals surface area contributed by atoms with E-state index in [0.29, 0.717) is 19.8 Å². The highest BCUT2D eigenvalue weighted by Gasteiger charge is 2.22. The van der Waals surface area contributed by atoms with E-state index in [-0.39, 0.29) is 17.7 Å². The van der Waals surface area contributed by atoms with Crippen LogP contribution in [0, 0.1) is 5.92 Å². The fourth-order valence-corrected chi connectivity index (χ4v) is 1.39. The minimum atomic E-state index is -0.459. The number of carbonyl (C=O) groups is 2. The third kappa shape index (κ3) is 7.74. The van der Waals surface area contributed by atoms with Gasteiger partial charge in [0.05, 0.1) is 0 Å². The molecule has 0 rings (SSSR count). The van der Waals surface area contributed by atoms with Gasteiger partial charge in [0, 0.05) is 26.7 Å². The van der Waals surface area contributed by atoms with Crippen molar-refractivity contribution in [1.82, 2.24) is 10.6 Å². The van der Waals surface area contributed by atoms with Crippen molar-refractivity contribution < 1.29 is 14.3 Å². The van der Waals surface area contributed by atoms with Crippen molar-refractivity contribution >= 4 is 11.8 Å². The van der Waals surface area contributed by atoms with E-state index in [2.05, 4.69) is 10.6 Å². The second kappa shape index (κ2) is 8.98. The van der Waals surface area contributed by atoms with E-state index in [1.165, 1.54) is 6.92 Å². The van der Waals surface area contributed by atoms with Gasteiger partial charge in [0.2, 0.25) is 11.8 Å². The fourth-order valence-electron chi connectivity index (χ4n) is 1.39. The molecule has 5 nitrogen and oxygen atoms in total. The first kappa shape index (κ1) is 15.9. The minimum absolute atomic E-state index is 0.0748. The lowest BCUT2D eigenvalue weighted by Gasteiger charge is -2.20. The minimum Gasteiger partial charge on any atom is -0.382 e. The van der Waals surface area contributed by atoms with Crippen LogP contribution >= 0.6 is 0 Å². The van der Waals surface area contributed by atoms with Crippen molar-refractivity contribution in [3.8, 4) is 0 Å². The molecule has 0 aliphatic rings. The summed E-state index contributed by atoms with van der Waals surface area (Å²) < 4.78 is 5.17. The van der Waals surface area contributed by atoms with Crippen LogP contribution in [0.3, 0.4) is 0 Å². The highest BCUT2D eigenvalue weighted by Crippen LogP contribution is 2.01. The van der Waals surface area contributed by atoms with Gasteiger partial charge < -0.3 is 15.4 Å². The first-order chi connectivity index (χ1) is 7.99. The Labute approximate surface area is 103 Å². The quantitative estimate of drug-likeness (QED) is 0.617. The molecule has 0 saturated carbocycles. The SMILES string of the molecule is CCOCCCNC(=O)C(NC(C)=O)C(C)C. The zero-order chi connectivity index (χ0) is 13.3. The van der Waals surface area contributed by atoms with Crippen molar-refractivity contribution in [2.75, 3.05) is 19.8 Å². The van der Waals surface area contributed by atoms with Crippen LogP contribution in [0.2, 0.25) is 0 Å². The summed E-state index contributed by atoms with van der Waals surface area (Å²) in [6, 6.07) is -0.459. The van der Waals surface area contributed by atoms with E-state index >= 15 is 0 Å². The normalized spacial score (nSPS) is 12.3. The zero-order valence-electron chi connectivity index (χ0n) is 11.2. The van der Waals surface area contributed by atoms with Crippen LogP contribution in [-0.2, 0) is 14.3 Å². The van der Waals surface area contributed by atoms with Gasteiger partial charge in [-0.15, -0.1) is 0 Å². The Morgan fingerprint density at radius 2 is 1.94 bits per heavy atom. The van der Waals surface area contributed by atoms with Crippen LogP contribution in [-0.4, -0.2) is 37.6 Å². The Balaban J connectivity index is 3.94. The predicted molar refractivity (Wildman–Crippen MR) is 66.6 cm³/mol. The van der Waals surface area contributed by atoms with E-state index in [1.807, 2.05) is 20.8 Å². The molecule has 2 N–H and O–H groups in total. The second-order valence-electron chi connectivity index (χ2n) is 4.26. The molecule has 2 amide bonds. The number of hydrogen-bond donors (Lipinski definition) is 2. The van der Waals surface area contributed by atoms with Gasteiger partial charge in [-0.3, -0.25) is 9.59 Å². The molecule has 0 bridgehead atoms. The average molecular weight is 244 g/mol. The van der Waals surface area contributed by atoms with Gasteiger partial charge in [-0.25, -0.2) is 0 Å². The lowest BCUT2D eigenvalue weighted by Crippen LogP contribution is -2.49. The number of nitrogens with one attached hydrogen (secondary N) is 2. The van der Waals surface area contributed by atoms with Crippen molar-refractivity contribution in [2.24, 2.45) is 5.92 Å². The molecule has 0 fully saturated rings. The number of rotatable bonds is 8. The molecule has 0 heterocycles. The molecule has 0 aromatic rings. The average Bonchev–Trinajstić information content (AvgIpc) is 2.24. The lowest BCUT2D eigenvalue weighted by molar-refractivity contribution is -0.129. The molecule has 1 atom stereocenters. The maximum absolute atomic E-state index is 11.8. The summed E-state index contributed by atoms with van der Waals surface area (Å²) in [6.45, 7) is 9.06. The van der Waals surface area contributed by atoms with E-state index in [0.717, 1.165) is 6.42 Å². The molecular weight excluding hydrogens is 220 g/mol. The summed E-state index contributed by atoms with van der Waals surface area (Å²) in [4.78, 5) is 22.8. The highest BCUT2D eigenvalue weighted by molar-refractivity contribution is 5.86. The van der Waals surface area contributed by atoms with Gasteiger partial charge in [0.1, 0.15) is 6.04 Å². The molecular formula is C12H24N2O3. The van der Waals surface area contributed by atoms with Crippen LogP contribution in [0.25, 0.3) is 0 Å². The molecule has 1 unspecified atom stereocenters. The van der Waals surface area contributed by atoms with Gasteiger partial charge in [-0.1, -0.05) is 13.8 Å². The van der Waals surface area contributed by atoms with Crippen molar-refractivity contribution in [3.63, 3.8) is 0 Å². The smallest absolute Gasteiger partial charge is 0.242 e. The van der Waals surface area contributed by atoms with Crippen LogP contribution in [0.4, 0.5) is 0 Å². The molecule has 0 aliphatic heterocycles. The Kier molecular flexibility index (Phi) is 8.40. The van der Waals surface area contributed by atoms with E-state index in [9.17, 15) is 9.59 Å². The maximum Gasteiger partial charge on any atom is 0.242 e. The van der Waals surface area contributed by atoms with Crippen LogP contribution < -0.4 is 10.6 Å². The molecule has 0 aliphatic carbocycles. The first-order valence-electron chi connectivity index (χ1n) is 6.11. The molecule has 100 valence electrons. The first-order valence-corrected chi connectivity index (χ1v) is 6.11. The Morgan fingerprint density at radius 1 is 1.29 bits per heavy atom. The molecule has 0 saturated heterocycles. The van der Waals surface area contributed by atoms with Gasteiger partial charge in [-0.2, -0.15) is 0 Å². The highest BCUT2D eigenvalue weighted by atomic mass is 16.5. The van der Waals surface area contributed by atoms with E-state index in [1.54, 1.807) is 0 Å². The van der Waals surface area contributed by atoms with Crippen LogP contribution in [0.5, 0.6) is 0 Å². The molecule has 0 spiro atoms. The van der Waals surface area contributed by atoms with Crippen molar-refractivity contribution in [1.29, 1.82) is 0 Å². The largest absolute Gasteiger partial charge is 0.382 e. The van der Waals surface area contributed by atoms with Gasteiger partial charge >= 0.3 is 0 Å².